The first kappa shape index (κ1) is 8.21. The molecule has 1 rings (SSSR count). The Kier molecular flexibility index (Phi) is 3.05. The molecule has 0 aliphatic rings. The van der Waals surface area contributed by atoms with Crippen LogP contribution in [0.25, 0.3) is 0 Å². The van der Waals surface area contributed by atoms with Crippen LogP contribution in [0.15, 0.2) is 24.5 Å². The highest BCUT2D eigenvalue weighted by atomic mass is 14.9. The van der Waals surface area contributed by atoms with Gasteiger partial charge in [-0.2, -0.15) is 0 Å². The molecule has 2 heteroatoms. The van der Waals surface area contributed by atoms with Crippen molar-refractivity contribution in [3.63, 3.8) is 0 Å². The molecule has 0 saturated heterocycles. The molecule has 1 radical (unpaired) electrons. The SMILES string of the molecule is CC(C)N[CH]c1cccnc1. The minimum atomic E-state index is 0.482. The smallest absolute Gasteiger partial charge is 0.0536 e. The van der Waals surface area contributed by atoms with Crippen LogP contribution in [0.4, 0.5) is 0 Å². The van der Waals surface area contributed by atoms with Crippen molar-refractivity contribution >= 4 is 0 Å². The standard InChI is InChI=1S/C9H13N2/c1-8(2)11-7-9-4-3-5-10-6-9/h3-8,11H,1-2H3. The van der Waals surface area contributed by atoms with Crippen molar-refractivity contribution in [3.8, 4) is 0 Å². The van der Waals surface area contributed by atoms with E-state index in [4.69, 9.17) is 0 Å². The average molecular weight is 149 g/mol. The van der Waals surface area contributed by atoms with Gasteiger partial charge in [0.2, 0.25) is 0 Å². The molecule has 0 fully saturated rings. The Labute approximate surface area is 67.7 Å². The van der Waals surface area contributed by atoms with Crippen LogP contribution >= 0.6 is 0 Å². The molecule has 11 heavy (non-hydrogen) atoms. The first-order valence-electron chi connectivity index (χ1n) is 3.78. The summed E-state index contributed by atoms with van der Waals surface area (Å²) in [6, 6.07) is 4.42. The fourth-order valence-corrected chi connectivity index (χ4v) is 0.724. The van der Waals surface area contributed by atoms with Gasteiger partial charge in [0.1, 0.15) is 0 Å². The molecular weight excluding hydrogens is 136 g/mol. The van der Waals surface area contributed by atoms with Crippen molar-refractivity contribution < 1.29 is 0 Å². The van der Waals surface area contributed by atoms with Crippen molar-refractivity contribution in [1.29, 1.82) is 0 Å². The lowest BCUT2D eigenvalue weighted by Crippen LogP contribution is -2.19. The summed E-state index contributed by atoms with van der Waals surface area (Å²) in [6.45, 7) is 6.18. The number of pyridine rings is 1. The largest absolute Gasteiger partial charge is 0.306 e. The summed E-state index contributed by atoms with van der Waals surface area (Å²) in [7, 11) is 0. The van der Waals surface area contributed by atoms with Gasteiger partial charge in [0, 0.05) is 18.4 Å². The molecule has 0 saturated carbocycles. The van der Waals surface area contributed by atoms with Crippen LogP contribution < -0.4 is 5.32 Å². The predicted octanol–water partition coefficient (Wildman–Crippen LogP) is 1.59. The number of nitrogens with one attached hydrogen (secondary N) is 1. The van der Waals surface area contributed by atoms with E-state index < -0.39 is 0 Å². The lowest BCUT2D eigenvalue weighted by molar-refractivity contribution is 0.672. The van der Waals surface area contributed by atoms with E-state index in [9.17, 15) is 0 Å². The Balaban J connectivity index is 2.39. The van der Waals surface area contributed by atoms with Gasteiger partial charge in [-0.25, -0.2) is 0 Å². The van der Waals surface area contributed by atoms with E-state index >= 15 is 0 Å². The van der Waals surface area contributed by atoms with E-state index in [0.29, 0.717) is 6.04 Å². The summed E-state index contributed by atoms with van der Waals surface area (Å²) in [5, 5.41) is 3.20. The zero-order chi connectivity index (χ0) is 8.10. The molecule has 0 spiro atoms. The topological polar surface area (TPSA) is 24.9 Å². The maximum atomic E-state index is 3.99. The van der Waals surface area contributed by atoms with Crippen molar-refractivity contribution in [1.82, 2.24) is 10.3 Å². The molecule has 1 aromatic heterocycles. The molecule has 0 atom stereocenters. The summed E-state index contributed by atoms with van der Waals surface area (Å²) >= 11 is 0. The minimum Gasteiger partial charge on any atom is -0.306 e. The Morgan fingerprint density at radius 3 is 2.91 bits per heavy atom. The van der Waals surface area contributed by atoms with Crippen LogP contribution in [-0.4, -0.2) is 11.0 Å². The Morgan fingerprint density at radius 1 is 1.55 bits per heavy atom. The van der Waals surface area contributed by atoms with E-state index in [1.54, 1.807) is 6.20 Å². The van der Waals surface area contributed by atoms with Gasteiger partial charge in [0.05, 0.1) is 6.54 Å². The third kappa shape index (κ3) is 3.14. The van der Waals surface area contributed by atoms with Crippen LogP contribution in [0, 0.1) is 6.54 Å². The summed E-state index contributed by atoms with van der Waals surface area (Å²) in [6.07, 6.45) is 3.60. The van der Waals surface area contributed by atoms with E-state index in [1.165, 1.54) is 0 Å². The summed E-state index contributed by atoms with van der Waals surface area (Å²) in [4.78, 5) is 3.99. The number of hydrogen-bond acceptors (Lipinski definition) is 2. The van der Waals surface area contributed by atoms with Crippen LogP contribution in [-0.2, 0) is 0 Å². The van der Waals surface area contributed by atoms with E-state index in [1.807, 2.05) is 24.9 Å². The number of nitrogens with zero attached hydrogens (tertiary/aromatic N) is 1. The maximum absolute atomic E-state index is 3.99. The second-order valence-electron chi connectivity index (χ2n) is 2.75. The van der Waals surface area contributed by atoms with Crippen molar-refractivity contribution in [3.05, 3.63) is 36.6 Å². The molecule has 0 aliphatic heterocycles. The van der Waals surface area contributed by atoms with Crippen molar-refractivity contribution in [2.24, 2.45) is 0 Å². The van der Waals surface area contributed by atoms with Gasteiger partial charge < -0.3 is 5.32 Å². The van der Waals surface area contributed by atoms with E-state index in [-0.39, 0.29) is 0 Å². The Morgan fingerprint density at radius 2 is 2.36 bits per heavy atom. The highest BCUT2D eigenvalue weighted by Gasteiger charge is 1.93. The molecule has 59 valence electrons. The first-order valence-corrected chi connectivity index (χ1v) is 3.78. The molecule has 0 bridgehead atoms. The van der Waals surface area contributed by atoms with Crippen molar-refractivity contribution in [2.75, 3.05) is 0 Å². The van der Waals surface area contributed by atoms with Gasteiger partial charge in [0.25, 0.3) is 0 Å². The predicted molar refractivity (Wildman–Crippen MR) is 45.9 cm³/mol. The second-order valence-corrected chi connectivity index (χ2v) is 2.75. The molecule has 1 heterocycles. The van der Waals surface area contributed by atoms with Crippen molar-refractivity contribution in [2.45, 2.75) is 19.9 Å². The molecule has 0 aromatic carbocycles. The fraction of sp³-hybridized carbons (Fsp3) is 0.333. The maximum Gasteiger partial charge on any atom is 0.0536 e. The quantitative estimate of drug-likeness (QED) is 0.706. The molecule has 0 unspecified atom stereocenters. The Hall–Kier alpha value is -0.890. The summed E-state index contributed by atoms with van der Waals surface area (Å²) < 4.78 is 0. The summed E-state index contributed by atoms with van der Waals surface area (Å²) in [5.74, 6) is 0. The number of hydrogen-bond donors (Lipinski definition) is 1. The number of aromatic nitrogens is 1. The lowest BCUT2D eigenvalue weighted by Gasteiger charge is -2.05. The first-order chi connectivity index (χ1) is 5.29. The highest BCUT2D eigenvalue weighted by molar-refractivity contribution is 5.16. The molecule has 2 nitrogen and oxygen atoms in total. The third-order valence-electron chi connectivity index (χ3n) is 1.27. The molecule has 1 N–H and O–H groups in total. The Bertz CT molecular complexity index is 194. The van der Waals surface area contributed by atoms with Crippen LogP contribution in [0.2, 0.25) is 0 Å². The molecule has 1 aromatic rings. The van der Waals surface area contributed by atoms with Gasteiger partial charge in [0.15, 0.2) is 0 Å². The zero-order valence-corrected chi connectivity index (χ0v) is 6.91. The molecular formula is C9H13N2. The van der Waals surface area contributed by atoms with Gasteiger partial charge in [-0.15, -0.1) is 0 Å². The van der Waals surface area contributed by atoms with E-state index in [2.05, 4.69) is 24.1 Å². The fourth-order valence-electron chi connectivity index (χ4n) is 0.724. The molecule has 0 aliphatic carbocycles. The average Bonchev–Trinajstić information content (AvgIpc) is 2.03. The minimum absolute atomic E-state index is 0.482. The zero-order valence-electron chi connectivity index (χ0n) is 6.91. The second kappa shape index (κ2) is 4.09. The lowest BCUT2D eigenvalue weighted by atomic mass is 10.2. The van der Waals surface area contributed by atoms with Gasteiger partial charge in [-0.3, -0.25) is 4.98 Å². The normalized spacial score (nSPS) is 10.5. The van der Waals surface area contributed by atoms with Gasteiger partial charge in [-0.05, 0) is 11.6 Å². The number of rotatable bonds is 3. The van der Waals surface area contributed by atoms with E-state index in [0.717, 1.165) is 5.56 Å². The van der Waals surface area contributed by atoms with Gasteiger partial charge >= 0.3 is 0 Å². The van der Waals surface area contributed by atoms with Crippen LogP contribution in [0.3, 0.4) is 0 Å². The monoisotopic (exact) mass is 149 g/mol. The van der Waals surface area contributed by atoms with Gasteiger partial charge in [-0.1, -0.05) is 19.9 Å². The molecule has 0 amide bonds. The summed E-state index contributed by atoms with van der Waals surface area (Å²) in [5.41, 5.74) is 1.11. The van der Waals surface area contributed by atoms with Crippen LogP contribution in [0.5, 0.6) is 0 Å². The van der Waals surface area contributed by atoms with Crippen LogP contribution in [0.1, 0.15) is 19.4 Å². The third-order valence-corrected chi connectivity index (χ3v) is 1.27. The highest BCUT2D eigenvalue weighted by Crippen LogP contribution is 1.96.